The largest absolute Gasteiger partial charge is 0.377 e. The number of nitrogens with zero attached hydrogens (tertiary/aromatic N) is 1. The molecule has 4 N–H and O–H groups in total. The van der Waals surface area contributed by atoms with E-state index in [0.29, 0.717) is 0 Å². The minimum Gasteiger partial charge on any atom is -0.377 e. The van der Waals surface area contributed by atoms with Crippen molar-refractivity contribution in [2.45, 2.75) is 38.3 Å². The molecule has 1 aliphatic carbocycles. The molecule has 0 spiro atoms. The van der Waals surface area contributed by atoms with Crippen molar-refractivity contribution in [3.63, 3.8) is 0 Å². The summed E-state index contributed by atoms with van der Waals surface area (Å²) < 4.78 is 5.86. The van der Waals surface area contributed by atoms with E-state index >= 15 is 0 Å². The predicted molar refractivity (Wildman–Crippen MR) is 95.1 cm³/mol. The number of benzene rings is 1. The lowest BCUT2D eigenvalue weighted by Gasteiger charge is -2.65. The van der Waals surface area contributed by atoms with E-state index in [-0.39, 0.29) is 35.8 Å². The van der Waals surface area contributed by atoms with Crippen molar-refractivity contribution in [2.75, 3.05) is 11.9 Å². The van der Waals surface area contributed by atoms with Crippen LogP contribution in [0.1, 0.15) is 26.7 Å². The molecule has 0 radical (unpaired) electrons. The normalized spacial score (nSPS) is 30.8. The van der Waals surface area contributed by atoms with Crippen LogP contribution in [0.2, 0.25) is 0 Å². The molecule has 1 saturated carbocycles. The minimum atomic E-state index is -0.902. The molecule has 6 nitrogen and oxygen atoms in total. The van der Waals surface area contributed by atoms with Crippen molar-refractivity contribution < 1.29 is 9.53 Å². The van der Waals surface area contributed by atoms with Crippen molar-refractivity contribution in [1.29, 1.82) is 0 Å². The number of hydrogen-bond donors (Lipinski definition) is 3. The fraction of sp³-hybridized carbons (Fsp3) is 0.529. The molecule has 1 aromatic carbocycles. The van der Waals surface area contributed by atoms with Gasteiger partial charge in [-0.2, -0.15) is 5.10 Å². The second-order valence-electron chi connectivity index (χ2n) is 7.26. The Balaban J connectivity index is 0.00000169. The second-order valence-corrected chi connectivity index (χ2v) is 7.26. The van der Waals surface area contributed by atoms with Gasteiger partial charge in [-0.15, -0.1) is 12.4 Å². The molecule has 1 saturated heterocycles. The summed E-state index contributed by atoms with van der Waals surface area (Å²) in [5.74, 6) is -0.0461. The van der Waals surface area contributed by atoms with Gasteiger partial charge >= 0.3 is 0 Å². The van der Waals surface area contributed by atoms with Gasteiger partial charge in [0.05, 0.1) is 17.8 Å². The van der Waals surface area contributed by atoms with Gasteiger partial charge < -0.3 is 15.8 Å². The highest BCUT2D eigenvalue weighted by molar-refractivity contribution is 6.01. The van der Waals surface area contributed by atoms with Gasteiger partial charge in [-0.1, -0.05) is 13.8 Å². The van der Waals surface area contributed by atoms with E-state index < -0.39 is 5.54 Å². The fourth-order valence-electron chi connectivity index (χ4n) is 4.29. The summed E-state index contributed by atoms with van der Waals surface area (Å²) in [6.07, 6.45) is 3.73. The summed E-state index contributed by atoms with van der Waals surface area (Å²) in [6, 6.07) is 5.68. The zero-order valence-corrected chi connectivity index (χ0v) is 14.7. The van der Waals surface area contributed by atoms with E-state index in [2.05, 4.69) is 15.5 Å². The SMILES string of the molecule is CC1(C)C2OCCCC2C1(N)C(=O)Nc1ccc2cn[nH]c2c1.Cl. The number of hydrogen-bond acceptors (Lipinski definition) is 4. The van der Waals surface area contributed by atoms with Crippen LogP contribution in [0.15, 0.2) is 24.4 Å². The lowest BCUT2D eigenvalue weighted by atomic mass is 9.46. The molecule has 2 heterocycles. The van der Waals surface area contributed by atoms with Crippen LogP contribution >= 0.6 is 12.4 Å². The lowest BCUT2D eigenvalue weighted by molar-refractivity contribution is -0.222. The average Bonchev–Trinajstić information content (AvgIpc) is 3.01. The summed E-state index contributed by atoms with van der Waals surface area (Å²) in [5.41, 5.74) is 6.95. The highest BCUT2D eigenvalue weighted by Crippen LogP contribution is 2.57. The second kappa shape index (κ2) is 5.72. The number of halogens is 1. The van der Waals surface area contributed by atoms with Crippen LogP contribution in [-0.4, -0.2) is 34.4 Å². The van der Waals surface area contributed by atoms with E-state index in [1.54, 1.807) is 6.20 Å². The molecule has 3 atom stereocenters. The fourth-order valence-corrected chi connectivity index (χ4v) is 4.29. The number of ether oxygens (including phenoxy) is 1. The first kappa shape index (κ1) is 17.2. The molecular weight excluding hydrogens is 328 g/mol. The Morgan fingerprint density at radius 3 is 3.04 bits per heavy atom. The van der Waals surface area contributed by atoms with Crippen LogP contribution < -0.4 is 11.1 Å². The molecule has 4 rings (SSSR count). The highest BCUT2D eigenvalue weighted by atomic mass is 35.5. The molecule has 3 unspecified atom stereocenters. The molecule has 130 valence electrons. The maximum absolute atomic E-state index is 12.9. The third-order valence-corrected chi connectivity index (χ3v) is 5.76. The summed E-state index contributed by atoms with van der Waals surface area (Å²) in [4.78, 5) is 12.9. The van der Waals surface area contributed by atoms with Crippen LogP contribution in [-0.2, 0) is 9.53 Å². The number of nitrogens with one attached hydrogen (secondary N) is 2. The number of nitrogens with two attached hydrogens (primary N) is 1. The van der Waals surface area contributed by atoms with Crippen molar-refractivity contribution >= 4 is 34.9 Å². The zero-order valence-electron chi connectivity index (χ0n) is 13.8. The monoisotopic (exact) mass is 350 g/mol. The van der Waals surface area contributed by atoms with Crippen LogP contribution in [0.3, 0.4) is 0 Å². The Hall–Kier alpha value is -1.63. The molecule has 7 heteroatoms. The van der Waals surface area contributed by atoms with Crippen molar-refractivity contribution in [3.8, 4) is 0 Å². The molecular formula is C17H23ClN4O2. The summed E-state index contributed by atoms with van der Waals surface area (Å²) in [5, 5.41) is 10.9. The lowest BCUT2D eigenvalue weighted by Crippen LogP contribution is -2.81. The number of rotatable bonds is 2. The van der Waals surface area contributed by atoms with Gasteiger partial charge in [-0.05, 0) is 31.0 Å². The Bertz CT molecular complexity index is 775. The van der Waals surface area contributed by atoms with Gasteiger partial charge in [-0.3, -0.25) is 9.89 Å². The Kier molecular flexibility index (Phi) is 4.10. The van der Waals surface area contributed by atoms with Gasteiger partial charge in [0.25, 0.3) is 0 Å². The number of carbonyl (C=O) groups is 1. The quantitative estimate of drug-likeness (QED) is 0.775. The van der Waals surface area contributed by atoms with Crippen molar-refractivity contribution in [3.05, 3.63) is 24.4 Å². The summed E-state index contributed by atoms with van der Waals surface area (Å²) in [6.45, 7) is 4.81. The maximum atomic E-state index is 12.9. The zero-order chi connectivity index (χ0) is 16.2. The molecule has 1 aromatic heterocycles. The standard InChI is InChI=1S/C17H22N4O2.ClH/c1-16(2)14-12(4-3-7-23-14)17(16,18)15(22)20-11-6-5-10-9-19-21-13(10)8-11;/h5-6,8-9,12,14H,3-4,7,18H2,1-2H3,(H,19,21)(H,20,22);1H. The van der Waals surface area contributed by atoms with Gasteiger partial charge in [0, 0.05) is 29.0 Å². The molecule has 24 heavy (non-hydrogen) atoms. The van der Waals surface area contributed by atoms with Crippen LogP contribution in [0, 0.1) is 11.3 Å². The molecule has 1 aliphatic heterocycles. The first-order chi connectivity index (χ1) is 10.9. The van der Waals surface area contributed by atoms with E-state index in [1.165, 1.54) is 0 Å². The van der Waals surface area contributed by atoms with E-state index in [4.69, 9.17) is 10.5 Å². The first-order valence-corrected chi connectivity index (χ1v) is 8.09. The van der Waals surface area contributed by atoms with Gasteiger partial charge in [0.15, 0.2) is 0 Å². The van der Waals surface area contributed by atoms with Crippen molar-refractivity contribution in [2.24, 2.45) is 17.1 Å². The molecule has 2 aromatic rings. The smallest absolute Gasteiger partial charge is 0.245 e. The number of aromatic nitrogens is 2. The van der Waals surface area contributed by atoms with Crippen LogP contribution in [0.25, 0.3) is 10.9 Å². The number of H-pyrrole nitrogens is 1. The Morgan fingerprint density at radius 1 is 1.46 bits per heavy atom. The van der Waals surface area contributed by atoms with E-state index in [1.807, 2.05) is 32.0 Å². The van der Waals surface area contributed by atoms with Crippen molar-refractivity contribution in [1.82, 2.24) is 10.2 Å². The minimum absolute atomic E-state index is 0. The molecule has 1 amide bonds. The predicted octanol–water partition coefficient (Wildman–Crippen LogP) is 2.46. The number of carbonyl (C=O) groups excluding carboxylic acids is 1. The third-order valence-electron chi connectivity index (χ3n) is 5.76. The number of aromatic amines is 1. The van der Waals surface area contributed by atoms with E-state index in [9.17, 15) is 4.79 Å². The molecule has 2 aliphatic rings. The average molecular weight is 351 g/mol. The first-order valence-electron chi connectivity index (χ1n) is 8.09. The van der Waals surface area contributed by atoms with Gasteiger partial charge in [0.1, 0.15) is 5.54 Å². The topological polar surface area (TPSA) is 93.0 Å². The maximum Gasteiger partial charge on any atom is 0.245 e. The third kappa shape index (κ3) is 2.17. The van der Waals surface area contributed by atoms with Gasteiger partial charge in [-0.25, -0.2) is 0 Å². The molecule has 2 fully saturated rings. The molecule has 0 bridgehead atoms. The van der Waals surface area contributed by atoms with Gasteiger partial charge in [0.2, 0.25) is 5.91 Å². The van der Waals surface area contributed by atoms with Crippen LogP contribution in [0.5, 0.6) is 0 Å². The number of anilines is 1. The van der Waals surface area contributed by atoms with E-state index in [0.717, 1.165) is 36.0 Å². The Labute approximate surface area is 146 Å². The van der Waals surface area contributed by atoms with Crippen LogP contribution in [0.4, 0.5) is 5.69 Å². The number of fused-ring (bicyclic) bond motifs is 2. The number of amides is 1. The Morgan fingerprint density at radius 2 is 2.25 bits per heavy atom. The summed E-state index contributed by atoms with van der Waals surface area (Å²) in [7, 11) is 0. The highest BCUT2D eigenvalue weighted by Gasteiger charge is 2.70. The summed E-state index contributed by atoms with van der Waals surface area (Å²) >= 11 is 0.